The van der Waals surface area contributed by atoms with Gasteiger partial charge in [-0.05, 0) is 35.9 Å². The fourth-order valence-electron chi connectivity index (χ4n) is 3.20. The van der Waals surface area contributed by atoms with Gasteiger partial charge in [0.2, 0.25) is 0 Å². The van der Waals surface area contributed by atoms with Crippen LogP contribution in [0.1, 0.15) is 11.9 Å². The molecule has 0 saturated carbocycles. The van der Waals surface area contributed by atoms with Crippen LogP contribution >= 0.6 is 11.3 Å². The topological polar surface area (TPSA) is 84.1 Å². The quantitative estimate of drug-likeness (QED) is 0.399. The highest BCUT2D eigenvalue weighted by molar-refractivity contribution is 7.21. The molecule has 0 saturated heterocycles. The maximum Gasteiger partial charge on any atom is 0.164 e. The predicted molar refractivity (Wildman–Crippen MR) is 118 cm³/mol. The minimum atomic E-state index is -0.779. The maximum atomic E-state index is 10.4. The van der Waals surface area contributed by atoms with E-state index >= 15 is 0 Å². The van der Waals surface area contributed by atoms with Gasteiger partial charge >= 0.3 is 0 Å². The Bertz CT molecular complexity index is 1250. The molecule has 1 aromatic carbocycles. The van der Waals surface area contributed by atoms with E-state index in [4.69, 9.17) is 14.4 Å². The average Bonchev–Trinajstić information content (AvgIpc) is 3.48. The van der Waals surface area contributed by atoms with E-state index in [0.717, 1.165) is 26.2 Å². The molecular formula is C23H18N4O2S. The molecule has 1 unspecified atom stereocenters. The van der Waals surface area contributed by atoms with Crippen molar-refractivity contribution in [2.75, 3.05) is 11.9 Å². The molecule has 0 radical (unpaired) electrons. The van der Waals surface area contributed by atoms with Gasteiger partial charge in [0.05, 0.1) is 11.6 Å². The number of aromatic nitrogens is 3. The van der Waals surface area contributed by atoms with Crippen molar-refractivity contribution in [3.05, 3.63) is 85.1 Å². The highest BCUT2D eigenvalue weighted by atomic mass is 32.1. The molecule has 0 aliphatic rings. The van der Waals surface area contributed by atoms with E-state index in [1.807, 2.05) is 30.3 Å². The van der Waals surface area contributed by atoms with Gasteiger partial charge in [0.1, 0.15) is 22.5 Å². The molecule has 2 N–H and O–H groups in total. The third-order valence-corrected chi connectivity index (χ3v) is 5.78. The van der Waals surface area contributed by atoms with Crippen molar-refractivity contribution in [3.63, 3.8) is 0 Å². The van der Waals surface area contributed by atoms with Crippen LogP contribution in [0.15, 0.2) is 83.7 Å². The second-order valence-corrected chi connectivity index (χ2v) is 7.78. The number of fused-ring (bicyclic) bond motifs is 1. The zero-order chi connectivity index (χ0) is 20.3. The summed E-state index contributed by atoms with van der Waals surface area (Å²) in [6.45, 7) is 0.266. The molecule has 5 rings (SSSR count). The van der Waals surface area contributed by atoms with E-state index in [1.54, 1.807) is 42.1 Å². The van der Waals surface area contributed by atoms with Crippen molar-refractivity contribution in [2.24, 2.45) is 0 Å². The van der Waals surface area contributed by atoms with Gasteiger partial charge in [0, 0.05) is 29.4 Å². The lowest BCUT2D eigenvalue weighted by Gasteiger charge is -2.12. The lowest BCUT2D eigenvalue weighted by Crippen LogP contribution is -2.13. The van der Waals surface area contributed by atoms with Gasteiger partial charge in [-0.3, -0.25) is 4.98 Å². The lowest BCUT2D eigenvalue weighted by atomic mass is 10.2. The van der Waals surface area contributed by atoms with Crippen LogP contribution in [0.25, 0.3) is 32.0 Å². The second kappa shape index (κ2) is 8.06. The lowest BCUT2D eigenvalue weighted by molar-refractivity contribution is 0.162. The van der Waals surface area contributed by atoms with Crippen molar-refractivity contribution >= 4 is 27.4 Å². The van der Waals surface area contributed by atoms with Gasteiger partial charge in [0.15, 0.2) is 5.82 Å². The summed E-state index contributed by atoms with van der Waals surface area (Å²) in [4.78, 5) is 15.7. The SMILES string of the molecule is OC(CNc1nc(-c2cccnc2)nc2sc(-c3ccccc3)cc12)c1ccco1. The van der Waals surface area contributed by atoms with E-state index in [0.29, 0.717) is 17.4 Å². The number of furan rings is 1. The molecule has 30 heavy (non-hydrogen) atoms. The maximum absolute atomic E-state index is 10.4. The Hall–Kier alpha value is -3.55. The number of pyridine rings is 1. The van der Waals surface area contributed by atoms with Crippen molar-refractivity contribution in [1.29, 1.82) is 0 Å². The van der Waals surface area contributed by atoms with Crippen LogP contribution in [0.2, 0.25) is 0 Å². The highest BCUT2D eigenvalue weighted by Gasteiger charge is 2.16. The zero-order valence-corrected chi connectivity index (χ0v) is 16.7. The van der Waals surface area contributed by atoms with E-state index in [9.17, 15) is 5.11 Å². The number of nitrogens with zero attached hydrogens (tertiary/aromatic N) is 3. The largest absolute Gasteiger partial charge is 0.467 e. The highest BCUT2D eigenvalue weighted by Crippen LogP contribution is 2.36. The van der Waals surface area contributed by atoms with Crippen LogP contribution in [0.3, 0.4) is 0 Å². The summed E-state index contributed by atoms with van der Waals surface area (Å²) < 4.78 is 5.30. The Balaban J connectivity index is 1.56. The molecule has 4 aromatic heterocycles. The summed E-state index contributed by atoms with van der Waals surface area (Å²) in [5, 5.41) is 14.6. The fraction of sp³-hybridized carbons (Fsp3) is 0.0870. The third-order valence-electron chi connectivity index (χ3n) is 4.71. The molecule has 1 atom stereocenters. The Labute approximate surface area is 176 Å². The molecule has 0 amide bonds. The first kappa shape index (κ1) is 18.5. The summed E-state index contributed by atoms with van der Waals surface area (Å²) in [7, 11) is 0. The molecule has 4 heterocycles. The van der Waals surface area contributed by atoms with Gasteiger partial charge in [-0.2, -0.15) is 0 Å². The minimum Gasteiger partial charge on any atom is -0.467 e. The molecule has 0 aliphatic carbocycles. The Kier molecular flexibility index (Phi) is 4.96. The van der Waals surface area contributed by atoms with Gasteiger partial charge < -0.3 is 14.8 Å². The molecule has 0 aliphatic heterocycles. The normalized spacial score (nSPS) is 12.2. The smallest absolute Gasteiger partial charge is 0.164 e. The molecule has 5 aromatic rings. The number of anilines is 1. The molecule has 0 spiro atoms. The number of hydrogen-bond acceptors (Lipinski definition) is 7. The van der Waals surface area contributed by atoms with E-state index in [2.05, 4.69) is 28.5 Å². The number of aliphatic hydroxyl groups excluding tert-OH is 1. The molecule has 148 valence electrons. The third kappa shape index (κ3) is 3.68. The van der Waals surface area contributed by atoms with E-state index in [-0.39, 0.29) is 6.54 Å². The summed E-state index contributed by atoms with van der Waals surface area (Å²) in [5.74, 6) is 1.77. The first-order chi connectivity index (χ1) is 14.8. The van der Waals surface area contributed by atoms with Crippen LogP contribution in [-0.4, -0.2) is 26.6 Å². The summed E-state index contributed by atoms with van der Waals surface area (Å²) in [6, 6.07) is 19.6. The molecule has 0 bridgehead atoms. The Morgan fingerprint density at radius 2 is 1.87 bits per heavy atom. The minimum absolute atomic E-state index is 0.266. The standard InChI is InChI=1S/C23H18N4O2S/c28-18(19-9-5-11-29-19)14-25-22-17-12-20(15-6-2-1-3-7-15)30-23(17)27-21(26-22)16-8-4-10-24-13-16/h1-13,18,28H,14H2,(H,25,26,27). The van der Waals surface area contributed by atoms with Crippen LogP contribution in [-0.2, 0) is 0 Å². The van der Waals surface area contributed by atoms with E-state index in [1.165, 1.54) is 0 Å². The van der Waals surface area contributed by atoms with Crippen LogP contribution in [0, 0.1) is 0 Å². The van der Waals surface area contributed by atoms with Gasteiger partial charge in [-0.25, -0.2) is 9.97 Å². The van der Waals surface area contributed by atoms with Crippen molar-refractivity contribution in [1.82, 2.24) is 15.0 Å². The molecule has 0 fully saturated rings. The fourth-order valence-corrected chi connectivity index (χ4v) is 4.24. The average molecular weight is 414 g/mol. The molecule has 6 nitrogen and oxygen atoms in total. The summed E-state index contributed by atoms with van der Waals surface area (Å²) in [5.41, 5.74) is 1.97. The zero-order valence-electron chi connectivity index (χ0n) is 15.9. The Morgan fingerprint density at radius 1 is 1.00 bits per heavy atom. The number of thiophene rings is 1. The first-order valence-corrected chi connectivity index (χ1v) is 10.3. The number of nitrogens with one attached hydrogen (secondary N) is 1. The number of benzene rings is 1. The van der Waals surface area contributed by atoms with Crippen LogP contribution in [0.5, 0.6) is 0 Å². The van der Waals surface area contributed by atoms with Crippen molar-refractivity contribution in [2.45, 2.75) is 6.10 Å². The number of rotatable bonds is 6. The van der Waals surface area contributed by atoms with Crippen LogP contribution in [0.4, 0.5) is 5.82 Å². The van der Waals surface area contributed by atoms with Crippen LogP contribution < -0.4 is 5.32 Å². The Morgan fingerprint density at radius 3 is 2.63 bits per heavy atom. The van der Waals surface area contributed by atoms with Gasteiger partial charge in [0.25, 0.3) is 0 Å². The monoisotopic (exact) mass is 414 g/mol. The summed E-state index contributed by atoms with van der Waals surface area (Å²) in [6.07, 6.45) is 4.24. The molecular weight excluding hydrogens is 396 g/mol. The number of hydrogen-bond donors (Lipinski definition) is 2. The van der Waals surface area contributed by atoms with Crippen molar-refractivity contribution < 1.29 is 9.52 Å². The van der Waals surface area contributed by atoms with Gasteiger partial charge in [-0.15, -0.1) is 11.3 Å². The first-order valence-electron chi connectivity index (χ1n) is 9.50. The predicted octanol–water partition coefficient (Wildman–Crippen LogP) is 5.16. The van der Waals surface area contributed by atoms with E-state index < -0.39 is 6.10 Å². The number of aliphatic hydroxyl groups is 1. The van der Waals surface area contributed by atoms with Crippen molar-refractivity contribution in [3.8, 4) is 21.8 Å². The van der Waals surface area contributed by atoms with Gasteiger partial charge in [-0.1, -0.05) is 30.3 Å². The molecule has 7 heteroatoms. The summed E-state index contributed by atoms with van der Waals surface area (Å²) >= 11 is 1.61. The second-order valence-electron chi connectivity index (χ2n) is 6.75.